The van der Waals surface area contributed by atoms with Crippen LogP contribution >= 0.6 is 0 Å². The van der Waals surface area contributed by atoms with Gasteiger partial charge in [0.25, 0.3) is 0 Å². The summed E-state index contributed by atoms with van der Waals surface area (Å²) in [6.45, 7) is 9.51. The predicted molar refractivity (Wildman–Crippen MR) is 80.0 cm³/mol. The summed E-state index contributed by atoms with van der Waals surface area (Å²) in [5, 5.41) is 0. The fourth-order valence-corrected chi connectivity index (χ4v) is 4.17. The zero-order chi connectivity index (χ0) is 15.2. The van der Waals surface area contributed by atoms with Gasteiger partial charge in [0.15, 0.2) is 0 Å². The molecule has 2 bridgehead atoms. The average Bonchev–Trinajstić information content (AvgIpc) is 2.67. The van der Waals surface area contributed by atoms with Gasteiger partial charge in [-0.2, -0.15) is 0 Å². The van der Waals surface area contributed by atoms with Crippen molar-refractivity contribution in [3.05, 3.63) is 0 Å². The summed E-state index contributed by atoms with van der Waals surface area (Å²) in [7, 11) is 0. The van der Waals surface area contributed by atoms with Crippen molar-refractivity contribution in [2.45, 2.75) is 71.4 Å². The SMILES string of the molecule is CC(N)(CCCOC1CC2CCC1(C)C2(C)C)C(N)=O. The van der Waals surface area contributed by atoms with Crippen molar-refractivity contribution in [2.24, 2.45) is 28.2 Å². The normalized spacial score (nSPS) is 37.9. The van der Waals surface area contributed by atoms with Crippen LogP contribution in [0.3, 0.4) is 0 Å². The summed E-state index contributed by atoms with van der Waals surface area (Å²) < 4.78 is 6.14. The summed E-state index contributed by atoms with van der Waals surface area (Å²) in [6, 6.07) is 0. The third kappa shape index (κ3) is 2.37. The van der Waals surface area contributed by atoms with E-state index in [4.69, 9.17) is 16.2 Å². The number of fused-ring (bicyclic) bond motifs is 2. The molecule has 0 spiro atoms. The molecule has 4 heteroatoms. The van der Waals surface area contributed by atoms with Crippen LogP contribution in [-0.4, -0.2) is 24.2 Å². The van der Waals surface area contributed by atoms with E-state index in [0.717, 1.165) is 12.3 Å². The molecule has 2 aliphatic carbocycles. The van der Waals surface area contributed by atoms with Gasteiger partial charge in [-0.1, -0.05) is 20.8 Å². The van der Waals surface area contributed by atoms with Gasteiger partial charge in [0, 0.05) is 6.61 Å². The van der Waals surface area contributed by atoms with Gasteiger partial charge in [-0.05, 0) is 55.8 Å². The molecule has 116 valence electrons. The molecule has 0 aromatic heterocycles. The Hall–Kier alpha value is -0.610. The Morgan fingerprint density at radius 1 is 1.40 bits per heavy atom. The summed E-state index contributed by atoms with van der Waals surface area (Å²) in [5.41, 5.74) is 10.9. The minimum Gasteiger partial charge on any atom is -0.378 e. The van der Waals surface area contributed by atoms with Crippen LogP contribution in [0.5, 0.6) is 0 Å². The first-order chi connectivity index (χ1) is 9.11. The number of ether oxygens (including phenoxy) is 1. The minimum absolute atomic E-state index is 0.299. The van der Waals surface area contributed by atoms with Crippen LogP contribution in [0.15, 0.2) is 0 Å². The Morgan fingerprint density at radius 3 is 2.50 bits per heavy atom. The lowest BCUT2D eigenvalue weighted by molar-refractivity contribution is -0.123. The Balaban J connectivity index is 1.81. The van der Waals surface area contributed by atoms with Gasteiger partial charge in [0.2, 0.25) is 5.91 Å². The number of carbonyl (C=O) groups excluding carboxylic acids is 1. The number of hydrogen-bond donors (Lipinski definition) is 2. The van der Waals surface area contributed by atoms with Crippen LogP contribution < -0.4 is 11.5 Å². The molecule has 1 amide bonds. The second-order valence-corrected chi connectivity index (χ2v) is 7.86. The third-order valence-electron chi connectivity index (χ3n) is 6.44. The summed E-state index contributed by atoms with van der Waals surface area (Å²) in [5.74, 6) is 0.355. The van der Waals surface area contributed by atoms with Crippen molar-refractivity contribution in [2.75, 3.05) is 6.61 Å². The van der Waals surface area contributed by atoms with Crippen LogP contribution in [0.2, 0.25) is 0 Å². The smallest absolute Gasteiger partial charge is 0.237 e. The highest BCUT2D eigenvalue weighted by Gasteiger charge is 2.61. The minimum atomic E-state index is -0.915. The van der Waals surface area contributed by atoms with Crippen molar-refractivity contribution >= 4 is 5.91 Å². The molecular weight excluding hydrogens is 252 g/mol. The maximum atomic E-state index is 11.2. The van der Waals surface area contributed by atoms with E-state index in [1.807, 2.05) is 0 Å². The van der Waals surface area contributed by atoms with Crippen molar-refractivity contribution < 1.29 is 9.53 Å². The van der Waals surface area contributed by atoms with Crippen LogP contribution in [0.4, 0.5) is 0 Å². The van der Waals surface area contributed by atoms with E-state index >= 15 is 0 Å². The molecular formula is C16H30N2O2. The molecule has 0 radical (unpaired) electrons. The number of primary amides is 1. The van der Waals surface area contributed by atoms with Crippen molar-refractivity contribution in [3.8, 4) is 0 Å². The first-order valence-electron chi connectivity index (χ1n) is 7.82. The Labute approximate surface area is 122 Å². The number of hydrogen-bond acceptors (Lipinski definition) is 3. The summed E-state index contributed by atoms with van der Waals surface area (Å²) in [6.07, 6.45) is 5.51. The Morgan fingerprint density at radius 2 is 2.05 bits per heavy atom. The van der Waals surface area contributed by atoms with Gasteiger partial charge in [-0.25, -0.2) is 0 Å². The molecule has 0 aromatic rings. The van der Waals surface area contributed by atoms with Crippen LogP contribution in [0, 0.1) is 16.7 Å². The van der Waals surface area contributed by atoms with Gasteiger partial charge in [0.1, 0.15) is 0 Å². The zero-order valence-electron chi connectivity index (χ0n) is 13.4. The molecule has 0 aliphatic heterocycles. The van der Waals surface area contributed by atoms with Gasteiger partial charge in [-0.3, -0.25) is 4.79 Å². The predicted octanol–water partition coefficient (Wildman–Crippen LogP) is 2.20. The Kier molecular flexibility index (Phi) is 3.93. The monoisotopic (exact) mass is 282 g/mol. The quantitative estimate of drug-likeness (QED) is 0.733. The highest BCUT2D eigenvalue weighted by molar-refractivity contribution is 5.83. The van der Waals surface area contributed by atoms with Crippen molar-refractivity contribution in [1.29, 1.82) is 0 Å². The number of rotatable bonds is 6. The molecule has 2 saturated carbocycles. The molecule has 2 aliphatic rings. The molecule has 2 fully saturated rings. The lowest BCUT2D eigenvalue weighted by Gasteiger charge is -2.39. The lowest BCUT2D eigenvalue weighted by Crippen LogP contribution is -2.49. The van der Waals surface area contributed by atoms with E-state index in [0.29, 0.717) is 30.0 Å². The second kappa shape index (κ2) is 4.99. The van der Waals surface area contributed by atoms with Crippen molar-refractivity contribution in [3.63, 3.8) is 0 Å². The van der Waals surface area contributed by atoms with E-state index in [-0.39, 0.29) is 0 Å². The second-order valence-electron chi connectivity index (χ2n) is 7.86. The average molecular weight is 282 g/mol. The van der Waals surface area contributed by atoms with Crippen LogP contribution in [0.25, 0.3) is 0 Å². The van der Waals surface area contributed by atoms with Gasteiger partial charge < -0.3 is 16.2 Å². The number of nitrogens with two attached hydrogens (primary N) is 2. The Bertz CT molecular complexity index is 392. The maximum Gasteiger partial charge on any atom is 0.237 e. The number of carbonyl (C=O) groups is 1. The van der Waals surface area contributed by atoms with Gasteiger partial charge in [0.05, 0.1) is 11.6 Å². The highest BCUT2D eigenvalue weighted by Crippen LogP contribution is 2.66. The zero-order valence-corrected chi connectivity index (χ0v) is 13.4. The van der Waals surface area contributed by atoms with E-state index in [9.17, 15) is 4.79 Å². The molecule has 0 aromatic carbocycles. The molecule has 4 unspecified atom stereocenters. The van der Waals surface area contributed by atoms with Crippen molar-refractivity contribution in [1.82, 2.24) is 0 Å². The molecule has 4 atom stereocenters. The maximum absolute atomic E-state index is 11.2. The molecule has 4 nitrogen and oxygen atoms in total. The van der Waals surface area contributed by atoms with E-state index < -0.39 is 11.4 Å². The van der Waals surface area contributed by atoms with Gasteiger partial charge in [-0.15, -0.1) is 0 Å². The van der Waals surface area contributed by atoms with E-state index in [1.54, 1.807) is 6.92 Å². The molecule has 2 rings (SSSR count). The molecule has 4 N–H and O–H groups in total. The molecule has 20 heavy (non-hydrogen) atoms. The highest BCUT2D eigenvalue weighted by atomic mass is 16.5. The van der Waals surface area contributed by atoms with Crippen LogP contribution in [0.1, 0.15) is 59.8 Å². The standard InChI is InChI=1S/C16H30N2O2/c1-14(2)11-6-8-15(14,3)12(10-11)20-9-5-7-16(4,18)13(17)19/h11-12H,5-10,18H2,1-4H3,(H2,17,19). The van der Waals surface area contributed by atoms with E-state index in [2.05, 4.69) is 20.8 Å². The lowest BCUT2D eigenvalue weighted by atomic mass is 9.70. The summed E-state index contributed by atoms with van der Waals surface area (Å²) in [4.78, 5) is 11.2. The topological polar surface area (TPSA) is 78.3 Å². The summed E-state index contributed by atoms with van der Waals surface area (Å²) >= 11 is 0. The third-order valence-corrected chi connectivity index (χ3v) is 6.44. The first kappa shape index (κ1) is 15.8. The van der Waals surface area contributed by atoms with E-state index in [1.165, 1.54) is 19.3 Å². The first-order valence-corrected chi connectivity index (χ1v) is 7.82. The largest absolute Gasteiger partial charge is 0.378 e. The molecule has 0 saturated heterocycles. The fraction of sp³-hybridized carbons (Fsp3) is 0.938. The number of amides is 1. The fourth-order valence-electron chi connectivity index (χ4n) is 4.17. The van der Waals surface area contributed by atoms with Gasteiger partial charge >= 0.3 is 0 Å². The molecule has 0 heterocycles. The van der Waals surface area contributed by atoms with Crippen LogP contribution in [-0.2, 0) is 9.53 Å².